The van der Waals surface area contributed by atoms with Crippen LogP contribution in [0.1, 0.15) is 31.2 Å². The summed E-state index contributed by atoms with van der Waals surface area (Å²) < 4.78 is 6.91. The molecule has 0 bridgehead atoms. The van der Waals surface area contributed by atoms with E-state index >= 15 is 0 Å². The van der Waals surface area contributed by atoms with Crippen molar-refractivity contribution in [1.82, 2.24) is 9.78 Å². The molecule has 1 aliphatic carbocycles. The van der Waals surface area contributed by atoms with E-state index in [-0.39, 0.29) is 6.10 Å². The number of nitrogens with one attached hydrogen (secondary N) is 1. The number of anilines is 1. The molecule has 1 aliphatic rings. The molecule has 0 aliphatic heterocycles. The first kappa shape index (κ1) is 18.3. The first-order valence-corrected chi connectivity index (χ1v) is 9.60. The number of benzene rings is 2. The van der Waals surface area contributed by atoms with Gasteiger partial charge in [-0.05, 0) is 61.6 Å². The molecule has 7 heteroatoms. The number of nitriles is 1. The average molecular weight is 395 g/mol. The Morgan fingerprint density at radius 3 is 2.79 bits per heavy atom. The van der Waals surface area contributed by atoms with Gasteiger partial charge in [0.25, 0.3) is 0 Å². The van der Waals surface area contributed by atoms with Crippen LogP contribution in [0.25, 0.3) is 22.0 Å². The molecule has 1 saturated carbocycles. The van der Waals surface area contributed by atoms with E-state index in [9.17, 15) is 4.79 Å². The van der Waals surface area contributed by atoms with Crippen LogP contribution >= 0.6 is 11.6 Å². The fourth-order valence-corrected chi connectivity index (χ4v) is 3.85. The molecular weight excluding hydrogens is 376 g/mol. The average Bonchev–Trinajstić information content (AvgIpc) is 3.35. The molecule has 0 amide bonds. The Kier molecular flexibility index (Phi) is 4.93. The summed E-state index contributed by atoms with van der Waals surface area (Å²) in [7, 11) is 1.75. The lowest BCUT2D eigenvalue weighted by Gasteiger charge is -2.11. The first-order valence-electron chi connectivity index (χ1n) is 9.22. The van der Waals surface area contributed by atoms with E-state index in [0.717, 1.165) is 42.2 Å². The van der Waals surface area contributed by atoms with Crippen LogP contribution in [-0.2, 0) is 4.74 Å². The number of ether oxygens (including phenoxy) is 1. The van der Waals surface area contributed by atoms with Gasteiger partial charge in [0, 0.05) is 23.0 Å². The third kappa shape index (κ3) is 3.30. The highest BCUT2D eigenvalue weighted by molar-refractivity contribution is 6.33. The van der Waals surface area contributed by atoms with Gasteiger partial charge in [0.05, 0.1) is 17.1 Å². The second kappa shape index (κ2) is 7.53. The molecule has 142 valence electrons. The summed E-state index contributed by atoms with van der Waals surface area (Å²) in [5.41, 5.74) is 2.79. The van der Waals surface area contributed by atoms with Crippen LogP contribution in [0.15, 0.2) is 36.4 Å². The van der Waals surface area contributed by atoms with E-state index in [0.29, 0.717) is 21.9 Å². The largest absolute Gasteiger partial charge is 0.445 e. The lowest BCUT2D eigenvalue weighted by Crippen LogP contribution is -2.21. The number of hydrogen-bond donors (Lipinski definition) is 1. The number of aromatic nitrogens is 2. The van der Waals surface area contributed by atoms with Crippen molar-refractivity contribution in [2.75, 3.05) is 12.4 Å². The van der Waals surface area contributed by atoms with Crippen molar-refractivity contribution in [3.63, 3.8) is 0 Å². The second-order valence-electron chi connectivity index (χ2n) is 6.84. The van der Waals surface area contributed by atoms with Crippen molar-refractivity contribution in [3.8, 4) is 17.2 Å². The Hall–Kier alpha value is -3.04. The number of nitrogens with zero attached hydrogens (tertiary/aromatic N) is 3. The summed E-state index contributed by atoms with van der Waals surface area (Å²) in [5.74, 6) is 0.577. The van der Waals surface area contributed by atoms with Crippen molar-refractivity contribution in [2.24, 2.45) is 0 Å². The van der Waals surface area contributed by atoms with Crippen LogP contribution < -0.4 is 5.32 Å². The van der Waals surface area contributed by atoms with Gasteiger partial charge in [-0.15, -0.1) is 5.10 Å². The van der Waals surface area contributed by atoms with E-state index in [1.165, 1.54) is 4.68 Å². The maximum Gasteiger partial charge on any atom is 0.435 e. The van der Waals surface area contributed by atoms with Crippen molar-refractivity contribution >= 4 is 34.4 Å². The third-order valence-electron chi connectivity index (χ3n) is 5.07. The van der Waals surface area contributed by atoms with E-state index in [2.05, 4.69) is 16.5 Å². The fourth-order valence-electron chi connectivity index (χ4n) is 3.62. The van der Waals surface area contributed by atoms with E-state index in [1.54, 1.807) is 25.2 Å². The van der Waals surface area contributed by atoms with Gasteiger partial charge in [-0.2, -0.15) is 9.94 Å². The van der Waals surface area contributed by atoms with Gasteiger partial charge in [-0.3, -0.25) is 0 Å². The lowest BCUT2D eigenvalue weighted by molar-refractivity contribution is 0.100. The third-order valence-corrected chi connectivity index (χ3v) is 5.40. The molecule has 1 heterocycles. The summed E-state index contributed by atoms with van der Waals surface area (Å²) in [4.78, 5) is 12.6. The van der Waals surface area contributed by atoms with Crippen LogP contribution in [0.2, 0.25) is 5.02 Å². The minimum absolute atomic E-state index is 0.0309. The highest BCUT2D eigenvalue weighted by Gasteiger charge is 2.23. The van der Waals surface area contributed by atoms with Gasteiger partial charge < -0.3 is 10.1 Å². The SMILES string of the molecule is CNc1nn(C(=O)OC2CCCC2)c2ccc(-c3cc(C#N)ccc3Cl)cc12. The Morgan fingerprint density at radius 2 is 2.07 bits per heavy atom. The number of halogens is 1. The highest BCUT2D eigenvalue weighted by atomic mass is 35.5. The molecular formula is C21H19ClN4O2. The normalized spacial score (nSPS) is 14.2. The summed E-state index contributed by atoms with van der Waals surface area (Å²) in [5, 5.41) is 17.9. The predicted molar refractivity (Wildman–Crippen MR) is 109 cm³/mol. The summed E-state index contributed by atoms with van der Waals surface area (Å²) in [6, 6.07) is 12.9. The van der Waals surface area contributed by atoms with Gasteiger partial charge in [-0.25, -0.2) is 4.79 Å². The van der Waals surface area contributed by atoms with Crippen molar-refractivity contribution in [2.45, 2.75) is 31.8 Å². The molecule has 4 rings (SSSR count). The molecule has 0 saturated heterocycles. The molecule has 1 fully saturated rings. The topological polar surface area (TPSA) is 79.9 Å². The number of hydrogen-bond acceptors (Lipinski definition) is 5. The monoisotopic (exact) mass is 394 g/mol. The van der Waals surface area contributed by atoms with Crippen molar-refractivity contribution < 1.29 is 9.53 Å². The lowest BCUT2D eigenvalue weighted by atomic mass is 10.0. The van der Waals surface area contributed by atoms with Gasteiger partial charge in [0.15, 0.2) is 5.82 Å². The second-order valence-corrected chi connectivity index (χ2v) is 7.25. The molecule has 0 unspecified atom stereocenters. The van der Waals surface area contributed by atoms with Crippen LogP contribution in [0.5, 0.6) is 0 Å². The number of rotatable bonds is 3. The fraction of sp³-hybridized carbons (Fsp3) is 0.286. The Morgan fingerprint density at radius 1 is 1.29 bits per heavy atom. The van der Waals surface area contributed by atoms with Gasteiger partial charge >= 0.3 is 6.09 Å². The summed E-state index contributed by atoms with van der Waals surface area (Å²) >= 11 is 6.34. The highest BCUT2D eigenvalue weighted by Crippen LogP contribution is 2.33. The zero-order valence-electron chi connectivity index (χ0n) is 15.4. The molecule has 6 nitrogen and oxygen atoms in total. The summed E-state index contributed by atoms with van der Waals surface area (Å²) in [6.45, 7) is 0. The van der Waals surface area contributed by atoms with E-state index in [1.807, 2.05) is 18.2 Å². The molecule has 2 aromatic carbocycles. The number of carbonyl (C=O) groups is 1. The maximum atomic E-state index is 12.6. The summed E-state index contributed by atoms with van der Waals surface area (Å²) in [6.07, 6.45) is 3.49. The van der Waals surface area contributed by atoms with Crippen LogP contribution in [-0.4, -0.2) is 29.0 Å². The first-order chi connectivity index (χ1) is 13.6. The van der Waals surface area contributed by atoms with Crippen LogP contribution in [0.3, 0.4) is 0 Å². The minimum atomic E-state index is -0.462. The Labute approximate surface area is 167 Å². The molecule has 0 atom stereocenters. The quantitative estimate of drug-likeness (QED) is 0.660. The van der Waals surface area contributed by atoms with Crippen molar-refractivity contribution in [3.05, 3.63) is 47.0 Å². The molecule has 0 radical (unpaired) electrons. The zero-order chi connectivity index (χ0) is 19.7. The Bertz CT molecular complexity index is 1090. The molecule has 1 aromatic heterocycles. The predicted octanol–water partition coefficient (Wildman–Crippen LogP) is 5.20. The van der Waals surface area contributed by atoms with E-state index < -0.39 is 6.09 Å². The maximum absolute atomic E-state index is 12.6. The zero-order valence-corrected chi connectivity index (χ0v) is 16.2. The molecule has 28 heavy (non-hydrogen) atoms. The van der Waals surface area contributed by atoms with Crippen molar-refractivity contribution in [1.29, 1.82) is 5.26 Å². The number of fused-ring (bicyclic) bond motifs is 1. The smallest absolute Gasteiger partial charge is 0.435 e. The minimum Gasteiger partial charge on any atom is -0.445 e. The van der Waals surface area contributed by atoms with Gasteiger partial charge in [0.1, 0.15) is 6.10 Å². The molecule has 0 spiro atoms. The van der Waals surface area contributed by atoms with Gasteiger partial charge in [0.2, 0.25) is 0 Å². The van der Waals surface area contributed by atoms with Gasteiger partial charge in [-0.1, -0.05) is 17.7 Å². The standard InChI is InChI=1S/C21H19ClN4O2/c1-24-20-17-11-14(16-10-13(12-23)6-8-18(16)22)7-9-19(17)26(25-20)21(27)28-15-4-2-3-5-15/h6-11,15H,2-5H2,1H3,(H,24,25). The molecule has 1 N–H and O–H groups in total. The van der Waals surface area contributed by atoms with E-state index in [4.69, 9.17) is 21.6 Å². The van der Waals surface area contributed by atoms with Crippen LogP contribution in [0, 0.1) is 11.3 Å². The Balaban J connectivity index is 1.76. The molecule has 3 aromatic rings. The van der Waals surface area contributed by atoms with Crippen LogP contribution in [0.4, 0.5) is 10.6 Å². The number of carbonyl (C=O) groups excluding carboxylic acids is 1.